The van der Waals surface area contributed by atoms with E-state index in [1.54, 1.807) is 0 Å². The van der Waals surface area contributed by atoms with Crippen LogP contribution in [0.25, 0.3) is 0 Å². The largest absolute Gasteiger partial charge is 0.493 e. The lowest BCUT2D eigenvalue weighted by atomic mass is 9.97. The number of nitriles is 1. The molecule has 2 rings (SSSR count). The molecule has 1 saturated carbocycles. The third-order valence-corrected chi connectivity index (χ3v) is 4.02. The number of benzene rings is 1. The summed E-state index contributed by atoms with van der Waals surface area (Å²) in [7, 11) is 0. The van der Waals surface area contributed by atoms with Gasteiger partial charge in [0.05, 0.1) is 12.7 Å². The Bertz CT molecular complexity index is 520. The van der Waals surface area contributed by atoms with Crippen LogP contribution in [0.1, 0.15) is 49.3 Å². The summed E-state index contributed by atoms with van der Waals surface area (Å²) < 4.78 is 5.95. The van der Waals surface area contributed by atoms with Gasteiger partial charge in [-0.2, -0.15) is 5.26 Å². The van der Waals surface area contributed by atoms with Crippen LogP contribution in [-0.4, -0.2) is 18.2 Å². The van der Waals surface area contributed by atoms with Crippen molar-refractivity contribution in [3.8, 4) is 11.8 Å². The summed E-state index contributed by atoms with van der Waals surface area (Å²) in [5.41, 5.74) is 3.23. The summed E-state index contributed by atoms with van der Waals surface area (Å²) in [6.07, 6.45) is 4.12. The van der Waals surface area contributed by atoms with Gasteiger partial charge >= 0.3 is 0 Å². The molecule has 1 unspecified atom stereocenters. The van der Waals surface area contributed by atoms with Crippen molar-refractivity contribution in [2.45, 2.75) is 65.0 Å². The second kappa shape index (κ2) is 6.49. The lowest BCUT2D eigenvalue weighted by Gasteiger charge is -2.23. The molecule has 0 bridgehead atoms. The van der Waals surface area contributed by atoms with Gasteiger partial charge in [-0.3, -0.25) is 5.32 Å². The molecule has 3 nitrogen and oxygen atoms in total. The summed E-state index contributed by atoms with van der Waals surface area (Å²) in [6.45, 7) is 8.93. The highest BCUT2D eigenvalue weighted by atomic mass is 16.5. The van der Waals surface area contributed by atoms with Crippen molar-refractivity contribution >= 4 is 0 Å². The average molecular weight is 286 g/mol. The van der Waals surface area contributed by atoms with Crippen LogP contribution >= 0.6 is 0 Å². The Balaban J connectivity index is 1.83. The molecule has 1 N–H and O–H groups in total. The molecular weight excluding hydrogens is 260 g/mol. The maximum absolute atomic E-state index is 9.34. The number of ether oxygens (including phenoxy) is 1. The Morgan fingerprint density at radius 3 is 2.43 bits per heavy atom. The van der Waals surface area contributed by atoms with Crippen LogP contribution in [0.4, 0.5) is 0 Å². The van der Waals surface area contributed by atoms with Gasteiger partial charge < -0.3 is 4.74 Å². The predicted octanol–water partition coefficient (Wildman–Crippen LogP) is 3.81. The van der Waals surface area contributed by atoms with Crippen molar-refractivity contribution in [2.24, 2.45) is 0 Å². The van der Waals surface area contributed by atoms with Crippen LogP contribution < -0.4 is 10.1 Å². The van der Waals surface area contributed by atoms with Gasteiger partial charge in [-0.25, -0.2) is 0 Å². The van der Waals surface area contributed by atoms with E-state index >= 15 is 0 Å². The molecule has 21 heavy (non-hydrogen) atoms. The maximum Gasteiger partial charge on any atom is 0.125 e. The van der Waals surface area contributed by atoms with Crippen LogP contribution in [0.2, 0.25) is 0 Å². The predicted molar refractivity (Wildman–Crippen MR) is 85.6 cm³/mol. The van der Waals surface area contributed by atoms with Crippen LogP contribution in [-0.2, 0) is 0 Å². The Kier molecular flexibility index (Phi) is 4.90. The number of hydrogen-bond acceptors (Lipinski definition) is 3. The molecule has 0 aliphatic heterocycles. The molecule has 1 aromatic rings. The van der Waals surface area contributed by atoms with E-state index in [9.17, 15) is 5.26 Å². The van der Waals surface area contributed by atoms with Gasteiger partial charge in [0.15, 0.2) is 0 Å². The van der Waals surface area contributed by atoms with Crippen molar-refractivity contribution < 1.29 is 4.74 Å². The van der Waals surface area contributed by atoms with Crippen molar-refractivity contribution in [3.05, 3.63) is 28.8 Å². The standard InChI is InChI=1S/C18H26N2O/c1-13-10-14(2)17(15(3)11-13)21-9-5-8-18(4,12-19)20-16-6-7-16/h10-11,16,20H,5-9H2,1-4H3. The third kappa shape index (κ3) is 4.47. The number of nitrogens with zero attached hydrogens (tertiary/aromatic N) is 1. The molecule has 1 aliphatic carbocycles. The average Bonchev–Trinajstić information content (AvgIpc) is 3.20. The number of hydrogen-bond donors (Lipinski definition) is 1. The summed E-state index contributed by atoms with van der Waals surface area (Å²) in [6, 6.07) is 7.26. The number of rotatable bonds is 7. The van der Waals surface area contributed by atoms with E-state index in [4.69, 9.17) is 4.74 Å². The molecule has 1 aliphatic rings. The summed E-state index contributed by atoms with van der Waals surface area (Å²) in [4.78, 5) is 0. The molecule has 0 saturated heterocycles. The molecule has 0 heterocycles. The highest BCUT2D eigenvalue weighted by Crippen LogP contribution is 2.26. The molecule has 0 radical (unpaired) electrons. The molecule has 0 aromatic heterocycles. The zero-order chi connectivity index (χ0) is 15.5. The molecule has 114 valence electrons. The van der Waals surface area contributed by atoms with E-state index in [1.807, 2.05) is 6.92 Å². The van der Waals surface area contributed by atoms with Crippen molar-refractivity contribution in [1.82, 2.24) is 5.32 Å². The monoisotopic (exact) mass is 286 g/mol. The number of aryl methyl sites for hydroxylation is 3. The normalized spacial score (nSPS) is 17.1. The van der Waals surface area contributed by atoms with Gasteiger partial charge in [-0.05, 0) is 64.5 Å². The minimum Gasteiger partial charge on any atom is -0.493 e. The lowest BCUT2D eigenvalue weighted by Crippen LogP contribution is -2.42. The minimum absolute atomic E-state index is 0.415. The smallest absolute Gasteiger partial charge is 0.125 e. The molecule has 0 amide bonds. The van der Waals surface area contributed by atoms with Gasteiger partial charge in [-0.1, -0.05) is 17.7 Å². The molecular formula is C18H26N2O. The Morgan fingerprint density at radius 2 is 1.90 bits per heavy atom. The molecule has 0 spiro atoms. The zero-order valence-electron chi connectivity index (χ0n) is 13.6. The first-order valence-corrected chi connectivity index (χ1v) is 7.83. The summed E-state index contributed by atoms with van der Waals surface area (Å²) in [5.74, 6) is 0.995. The fourth-order valence-electron chi connectivity index (χ4n) is 2.83. The fraction of sp³-hybridized carbons (Fsp3) is 0.611. The zero-order valence-corrected chi connectivity index (χ0v) is 13.6. The second-order valence-corrected chi connectivity index (χ2v) is 6.54. The van der Waals surface area contributed by atoms with E-state index in [0.717, 1.165) is 18.6 Å². The van der Waals surface area contributed by atoms with Gasteiger partial charge in [0.2, 0.25) is 0 Å². The van der Waals surface area contributed by atoms with Gasteiger partial charge in [0.25, 0.3) is 0 Å². The van der Waals surface area contributed by atoms with Crippen LogP contribution in [0.15, 0.2) is 12.1 Å². The minimum atomic E-state index is -0.415. The summed E-state index contributed by atoms with van der Waals surface area (Å²) in [5, 5.41) is 12.8. The van der Waals surface area contributed by atoms with E-state index in [1.165, 1.54) is 29.5 Å². The Morgan fingerprint density at radius 1 is 1.29 bits per heavy atom. The van der Waals surface area contributed by atoms with Crippen LogP contribution in [0.3, 0.4) is 0 Å². The highest BCUT2D eigenvalue weighted by Gasteiger charge is 2.31. The third-order valence-electron chi connectivity index (χ3n) is 4.02. The topological polar surface area (TPSA) is 45.0 Å². The van der Waals surface area contributed by atoms with Gasteiger partial charge in [-0.15, -0.1) is 0 Å². The lowest BCUT2D eigenvalue weighted by molar-refractivity contribution is 0.281. The van der Waals surface area contributed by atoms with Crippen LogP contribution in [0, 0.1) is 32.1 Å². The molecule has 1 fully saturated rings. The van der Waals surface area contributed by atoms with Gasteiger partial charge in [0.1, 0.15) is 11.3 Å². The van der Waals surface area contributed by atoms with E-state index in [2.05, 4.69) is 44.3 Å². The first-order valence-electron chi connectivity index (χ1n) is 7.83. The molecule has 3 heteroatoms. The van der Waals surface area contributed by atoms with Crippen molar-refractivity contribution in [2.75, 3.05) is 6.61 Å². The Labute approximate surface area is 128 Å². The number of nitrogens with one attached hydrogen (secondary N) is 1. The van der Waals surface area contributed by atoms with Crippen molar-refractivity contribution in [3.63, 3.8) is 0 Å². The SMILES string of the molecule is Cc1cc(C)c(OCCCC(C)(C#N)NC2CC2)c(C)c1. The Hall–Kier alpha value is -1.53. The maximum atomic E-state index is 9.34. The fourth-order valence-corrected chi connectivity index (χ4v) is 2.83. The van der Waals surface area contributed by atoms with E-state index in [-0.39, 0.29) is 0 Å². The first kappa shape index (κ1) is 15.9. The van der Waals surface area contributed by atoms with Crippen LogP contribution in [0.5, 0.6) is 5.75 Å². The second-order valence-electron chi connectivity index (χ2n) is 6.54. The van der Waals surface area contributed by atoms with Gasteiger partial charge in [0, 0.05) is 6.04 Å². The first-order chi connectivity index (χ1) is 9.93. The molecule has 1 aromatic carbocycles. The van der Waals surface area contributed by atoms with Crippen molar-refractivity contribution in [1.29, 1.82) is 5.26 Å². The quantitative estimate of drug-likeness (QED) is 0.775. The van der Waals surface area contributed by atoms with E-state index < -0.39 is 5.54 Å². The molecule has 1 atom stereocenters. The summed E-state index contributed by atoms with van der Waals surface area (Å²) >= 11 is 0. The highest BCUT2D eigenvalue weighted by molar-refractivity contribution is 5.42. The van der Waals surface area contributed by atoms with E-state index in [0.29, 0.717) is 12.6 Å².